The van der Waals surface area contributed by atoms with Crippen LogP contribution in [-0.2, 0) is 4.79 Å². The zero-order valence-electron chi connectivity index (χ0n) is 19.3. The highest BCUT2D eigenvalue weighted by Crippen LogP contribution is 2.21. The molecule has 0 N–H and O–H groups in total. The van der Waals surface area contributed by atoms with Gasteiger partial charge in [0.2, 0.25) is 6.29 Å². The fraction of sp³-hybridized carbons (Fsp3) is 0.923. The number of unbranched alkanes of at least 4 members (excludes halogenated alkanes) is 16. The van der Waals surface area contributed by atoms with Gasteiger partial charge in [0.15, 0.2) is 0 Å². The quantitative estimate of drug-likeness (QED) is 0.182. The Labute approximate surface area is 172 Å². The van der Waals surface area contributed by atoms with Crippen molar-refractivity contribution in [2.24, 2.45) is 5.41 Å². The molecule has 27 heavy (non-hydrogen) atoms. The number of rotatable bonds is 21. The number of carbonyl (C=O) groups excluding carboxylic acids is 1. The van der Waals surface area contributed by atoms with Crippen molar-refractivity contribution in [3.63, 3.8) is 0 Å². The summed E-state index contributed by atoms with van der Waals surface area (Å²) in [5.74, 6) is 1.59. The molecule has 0 spiro atoms. The number of hydrogen-bond donors (Lipinski definition) is 0. The molecule has 0 rings (SSSR count). The molecule has 0 aliphatic rings. The molecule has 0 fully saturated rings. The predicted octanol–water partition coefficient (Wildman–Crippen LogP) is 9.15. The van der Waals surface area contributed by atoms with Crippen molar-refractivity contribution in [3.8, 4) is 0 Å². The maximum Gasteiger partial charge on any atom is 0.204 e. The summed E-state index contributed by atoms with van der Waals surface area (Å²) in [6.07, 6.45) is 28.3. The van der Waals surface area contributed by atoms with E-state index in [4.69, 9.17) is 0 Å². The minimum atomic E-state index is -0.229. The van der Waals surface area contributed by atoms with Gasteiger partial charge in [0.25, 0.3) is 0 Å². The Hall–Kier alpha value is -0.330. The van der Waals surface area contributed by atoms with Gasteiger partial charge in [-0.2, -0.15) is 0 Å². The Morgan fingerprint density at radius 2 is 0.852 bits per heavy atom. The van der Waals surface area contributed by atoms with Crippen molar-refractivity contribution in [2.75, 3.05) is 0 Å². The van der Waals surface area contributed by atoms with Crippen molar-refractivity contribution in [2.45, 2.75) is 150 Å². The van der Waals surface area contributed by atoms with Crippen molar-refractivity contribution < 1.29 is 4.79 Å². The van der Waals surface area contributed by atoms with E-state index in [1.165, 1.54) is 116 Å². The molecule has 1 nitrogen and oxygen atoms in total. The van der Waals surface area contributed by atoms with Crippen molar-refractivity contribution >= 4 is 6.29 Å². The summed E-state index contributed by atoms with van der Waals surface area (Å²) in [6, 6.07) is 0. The van der Waals surface area contributed by atoms with Gasteiger partial charge in [0.1, 0.15) is 0 Å². The Morgan fingerprint density at radius 3 is 1.15 bits per heavy atom. The van der Waals surface area contributed by atoms with Crippen LogP contribution in [0.2, 0.25) is 0 Å². The molecule has 0 saturated carbocycles. The average Bonchev–Trinajstić information content (AvgIpc) is 2.63. The summed E-state index contributed by atoms with van der Waals surface area (Å²) in [6.45, 7) is 8.49. The molecule has 160 valence electrons. The standard InChI is InChI=1S/C26H50O/c1-25(2)22-20-18-16-14-12-10-8-6-5-7-9-11-13-15-17-19-21-23-26(3,4)24-27/h5-23H2,1-4H3. The van der Waals surface area contributed by atoms with Crippen molar-refractivity contribution in [1.29, 1.82) is 0 Å². The third kappa shape index (κ3) is 21.8. The average molecular weight is 379 g/mol. The summed E-state index contributed by atoms with van der Waals surface area (Å²) in [7, 11) is 0. The van der Waals surface area contributed by atoms with Gasteiger partial charge >= 0.3 is 0 Å². The molecule has 0 amide bonds. The second-order valence-electron chi connectivity index (χ2n) is 9.70. The third-order valence-electron chi connectivity index (χ3n) is 5.75. The maximum atomic E-state index is 10.7. The molecule has 0 atom stereocenters. The van der Waals surface area contributed by atoms with E-state index in [0.717, 1.165) is 6.42 Å². The van der Waals surface area contributed by atoms with Gasteiger partial charge in [-0.05, 0) is 18.8 Å². The van der Waals surface area contributed by atoms with Crippen LogP contribution in [0.25, 0.3) is 0 Å². The molecular formula is C26H50O. The van der Waals surface area contributed by atoms with Crippen LogP contribution in [0.4, 0.5) is 0 Å². The highest BCUT2D eigenvalue weighted by atomic mass is 16.1. The van der Waals surface area contributed by atoms with Crippen LogP contribution in [0.3, 0.4) is 0 Å². The third-order valence-corrected chi connectivity index (χ3v) is 5.75. The zero-order valence-corrected chi connectivity index (χ0v) is 19.3. The molecule has 0 aromatic rings. The van der Waals surface area contributed by atoms with Gasteiger partial charge in [-0.3, -0.25) is 4.79 Å². The van der Waals surface area contributed by atoms with E-state index in [1.54, 1.807) is 5.92 Å². The van der Waals surface area contributed by atoms with E-state index in [9.17, 15) is 4.79 Å². The van der Waals surface area contributed by atoms with Crippen LogP contribution in [-0.4, -0.2) is 6.29 Å². The first-order valence-electron chi connectivity index (χ1n) is 12.2. The van der Waals surface area contributed by atoms with E-state index >= 15 is 0 Å². The monoisotopic (exact) mass is 378 g/mol. The second-order valence-corrected chi connectivity index (χ2v) is 9.70. The SMILES string of the molecule is C[C](C)CCCCCCCCCCCCCCCCCCCC(C)(C)[C]=O. The molecule has 1 heteroatoms. The molecule has 0 bridgehead atoms. The van der Waals surface area contributed by atoms with Gasteiger partial charge in [-0.1, -0.05) is 137 Å². The van der Waals surface area contributed by atoms with E-state index in [-0.39, 0.29) is 5.41 Å². The largest absolute Gasteiger partial charge is 0.290 e. The summed E-state index contributed by atoms with van der Waals surface area (Å²) < 4.78 is 0. The molecule has 0 aliphatic carbocycles. The van der Waals surface area contributed by atoms with Crippen molar-refractivity contribution in [3.05, 3.63) is 5.92 Å². The Bertz CT molecular complexity index is 305. The van der Waals surface area contributed by atoms with E-state index in [2.05, 4.69) is 20.1 Å². The first-order chi connectivity index (χ1) is 13.0. The van der Waals surface area contributed by atoms with Crippen molar-refractivity contribution in [1.82, 2.24) is 0 Å². The van der Waals surface area contributed by atoms with Crippen LogP contribution < -0.4 is 0 Å². The molecule has 0 heterocycles. The number of hydrogen-bond acceptors (Lipinski definition) is 1. The fourth-order valence-corrected chi connectivity index (χ4v) is 3.75. The lowest BCUT2D eigenvalue weighted by atomic mass is 9.88. The lowest BCUT2D eigenvalue weighted by Gasteiger charge is -2.14. The Balaban J connectivity index is 3.08. The smallest absolute Gasteiger partial charge is 0.204 e. The Morgan fingerprint density at radius 1 is 0.556 bits per heavy atom. The van der Waals surface area contributed by atoms with Gasteiger partial charge < -0.3 is 0 Å². The zero-order chi connectivity index (χ0) is 20.2. The van der Waals surface area contributed by atoms with Gasteiger partial charge in [0, 0.05) is 5.41 Å². The lowest BCUT2D eigenvalue weighted by molar-refractivity contribution is 0.403. The fourth-order valence-electron chi connectivity index (χ4n) is 3.75. The summed E-state index contributed by atoms with van der Waals surface area (Å²) >= 11 is 0. The Kier molecular flexibility index (Phi) is 18.8. The highest BCUT2D eigenvalue weighted by Gasteiger charge is 2.16. The first kappa shape index (κ1) is 26.7. The predicted molar refractivity (Wildman–Crippen MR) is 122 cm³/mol. The van der Waals surface area contributed by atoms with Crippen LogP contribution in [0, 0.1) is 11.3 Å². The normalized spacial score (nSPS) is 12.0. The molecule has 0 aromatic heterocycles. The lowest BCUT2D eigenvalue weighted by Crippen LogP contribution is -2.12. The molecule has 0 saturated heterocycles. The van der Waals surface area contributed by atoms with Crippen LogP contribution in [0.5, 0.6) is 0 Å². The second kappa shape index (κ2) is 19.0. The summed E-state index contributed by atoms with van der Waals surface area (Å²) in [5.41, 5.74) is -0.229. The van der Waals surface area contributed by atoms with E-state index in [0.29, 0.717) is 0 Å². The minimum absolute atomic E-state index is 0.229. The van der Waals surface area contributed by atoms with E-state index < -0.39 is 0 Å². The highest BCUT2D eigenvalue weighted by molar-refractivity contribution is 5.58. The summed E-state index contributed by atoms with van der Waals surface area (Å²) in [4.78, 5) is 10.7. The molecule has 0 aliphatic heterocycles. The minimum Gasteiger partial charge on any atom is -0.290 e. The van der Waals surface area contributed by atoms with Gasteiger partial charge in [-0.25, -0.2) is 0 Å². The molecule has 2 radical (unpaired) electrons. The summed E-state index contributed by atoms with van der Waals surface area (Å²) in [5, 5.41) is 0. The van der Waals surface area contributed by atoms with Crippen LogP contribution in [0.1, 0.15) is 150 Å². The topological polar surface area (TPSA) is 17.1 Å². The maximum absolute atomic E-state index is 10.7. The van der Waals surface area contributed by atoms with Crippen LogP contribution >= 0.6 is 0 Å². The molecule has 0 aromatic carbocycles. The van der Waals surface area contributed by atoms with E-state index in [1.807, 2.05) is 13.8 Å². The first-order valence-corrected chi connectivity index (χ1v) is 12.2. The van der Waals surface area contributed by atoms with Gasteiger partial charge in [-0.15, -0.1) is 0 Å². The molecular weight excluding hydrogens is 328 g/mol. The molecule has 0 unspecified atom stereocenters. The van der Waals surface area contributed by atoms with Gasteiger partial charge in [0.05, 0.1) is 0 Å². The van der Waals surface area contributed by atoms with Crippen LogP contribution in [0.15, 0.2) is 0 Å².